The molecule has 0 bridgehead atoms. The number of ether oxygens (including phenoxy) is 1. The average Bonchev–Trinajstić information content (AvgIpc) is 2.85. The molecule has 0 N–H and O–H groups in total. The molecule has 0 aromatic heterocycles. The van der Waals surface area contributed by atoms with Gasteiger partial charge in [0.05, 0.1) is 18.6 Å². The molecule has 0 saturated carbocycles. The van der Waals surface area contributed by atoms with Gasteiger partial charge < -0.3 is 9.64 Å². The number of hydrogen-bond donors (Lipinski definition) is 0. The Morgan fingerprint density at radius 1 is 1.18 bits per heavy atom. The monoisotopic (exact) mass is 313 g/mol. The predicted octanol–water partition coefficient (Wildman–Crippen LogP) is 3.36. The summed E-state index contributed by atoms with van der Waals surface area (Å²) in [7, 11) is 0. The molecule has 0 unspecified atom stereocenters. The van der Waals surface area contributed by atoms with Gasteiger partial charge in [-0.15, -0.1) is 0 Å². The van der Waals surface area contributed by atoms with Crippen LogP contribution in [0.1, 0.15) is 22.6 Å². The second-order valence-corrected chi connectivity index (χ2v) is 6.31. The minimum atomic E-state index is -0.217. The van der Waals surface area contributed by atoms with Gasteiger partial charge in [-0.25, -0.2) is 0 Å². The Hall–Kier alpha value is -1.84. The van der Waals surface area contributed by atoms with Gasteiger partial charge in [0, 0.05) is 18.1 Å². The van der Waals surface area contributed by atoms with E-state index in [1.165, 1.54) is 0 Å². The molecule has 1 amide bonds. The minimum absolute atomic E-state index is 0.0674. The molecule has 3 nitrogen and oxygen atoms in total. The van der Waals surface area contributed by atoms with Gasteiger partial charge in [0.2, 0.25) is 5.91 Å². The van der Waals surface area contributed by atoms with Crippen molar-refractivity contribution in [2.75, 3.05) is 6.54 Å². The summed E-state index contributed by atoms with van der Waals surface area (Å²) >= 11 is 6.12. The zero-order chi connectivity index (χ0) is 15.1. The van der Waals surface area contributed by atoms with Crippen LogP contribution in [0.25, 0.3) is 0 Å². The van der Waals surface area contributed by atoms with Crippen LogP contribution in [0.3, 0.4) is 0 Å². The molecule has 22 heavy (non-hydrogen) atoms. The number of carbonyl (C=O) groups excluding carboxylic acids is 1. The number of fused-ring (bicyclic) bond motifs is 3. The fourth-order valence-corrected chi connectivity index (χ4v) is 3.56. The summed E-state index contributed by atoms with van der Waals surface area (Å²) < 4.78 is 5.90. The van der Waals surface area contributed by atoms with E-state index in [1.54, 1.807) is 0 Å². The van der Waals surface area contributed by atoms with Crippen LogP contribution in [-0.4, -0.2) is 23.5 Å². The number of halogens is 1. The van der Waals surface area contributed by atoms with Crippen LogP contribution in [-0.2, 0) is 22.7 Å². The van der Waals surface area contributed by atoms with Crippen molar-refractivity contribution in [2.24, 2.45) is 0 Å². The molecule has 4 heteroatoms. The van der Waals surface area contributed by atoms with Crippen LogP contribution >= 0.6 is 11.6 Å². The lowest BCUT2D eigenvalue weighted by Crippen LogP contribution is -2.28. The highest BCUT2D eigenvalue weighted by Gasteiger charge is 2.45. The van der Waals surface area contributed by atoms with E-state index in [4.69, 9.17) is 16.3 Å². The molecule has 4 rings (SSSR count). The molecule has 2 aliphatic heterocycles. The average molecular weight is 314 g/mol. The third-order valence-corrected chi connectivity index (χ3v) is 4.70. The van der Waals surface area contributed by atoms with Gasteiger partial charge in [0.15, 0.2) is 0 Å². The maximum Gasteiger partial charge on any atom is 0.233 e. The Bertz CT molecular complexity index is 716. The van der Waals surface area contributed by atoms with Gasteiger partial charge in [-0.2, -0.15) is 0 Å². The van der Waals surface area contributed by atoms with E-state index in [2.05, 4.69) is 0 Å². The fraction of sp³-hybridized carbons (Fsp3) is 0.278. The largest absolute Gasteiger partial charge is 0.371 e. The van der Waals surface area contributed by atoms with Crippen LogP contribution in [0.15, 0.2) is 48.5 Å². The standard InChI is InChI=1S/C18H16ClNO2/c19-14-7-6-13-11-22-16-10-20(9-12-4-2-1-3-5-12)18(21)17(16)15(13)8-14/h1-8,16-17H,9-11H2/t16-,17+/m0/s1. The third kappa shape index (κ3) is 2.31. The highest BCUT2D eigenvalue weighted by molar-refractivity contribution is 6.30. The Labute approximate surface area is 134 Å². The van der Waals surface area contributed by atoms with Crippen molar-refractivity contribution in [1.29, 1.82) is 0 Å². The van der Waals surface area contributed by atoms with Crippen LogP contribution in [0.2, 0.25) is 5.02 Å². The number of nitrogens with zero attached hydrogens (tertiary/aromatic N) is 1. The van der Waals surface area contributed by atoms with Crippen molar-refractivity contribution in [3.05, 3.63) is 70.2 Å². The molecule has 2 aliphatic rings. The number of carbonyl (C=O) groups is 1. The number of amides is 1. The molecular formula is C18H16ClNO2. The van der Waals surface area contributed by atoms with Crippen LogP contribution < -0.4 is 0 Å². The van der Waals surface area contributed by atoms with E-state index in [-0.39, 0.29) is 17.9 Å². The Kier molecular flexibility index (Phi) is 3.40. The lowest BCUT2D eigenvalue weighted by Gasteiger charge is -2.26. The van der Waals surface area contributed by atoms with Gasteiger partial charge in [0.1, 0.15) is 0 Å². The molecule has 2 aromatic rings. The van der Waals surface area contributed by atoms with Gasteiger partial charge in [-0.1, -0.05) is 48.0 Å². The summed E-state index contributed by atoms with van der Waals surface area (Å²) in [6, 6.07) is 15.8. The fourth-order valence-electron chi connectivity index (χ4n) is 3.38. The second-order valence-electron chi connectivity index (χ2n) is 5.87. The first-order valence-corrected chi connectivity index (χ1v) is 7.83. The summed E-state index contributed by atoms with van der Waals surface area (Å²) in [6.45, 7) is 1.83. The Morgan fingerprint density at radius 2 is 2.00 bits per heavy atom. The zero-order valence-corrected chi connectivity index (χ0v) is 12.8. The lowest BCUT2D eigenvalue weighted by molar-refractivity contribution is -0.130. The number of rotatable bonds is 2. The van der Waals surface area contributed by atoms with Crippen molar-refractivity contribution < 1.29 is 9.53 Å². The summed E-state index contributed by atoms with van der Waals surface area (Å²) in [4.78, 5) is 14.7. The highest BCUT2D eigenvalue weighted by Crippen LogP contribution is 2.39. The van der Waals surface area contributed by atoms with E-state index < -0.39 is 0 Å². The van der Waals surface area contributed by atoms with Gasteiger partial charge in [-0.05, 0) is 28.8 Å². The van der Waals surface area contributed by atoms with Crippen molar-refractivity contribution in [1.82, 2.24) is 4.90 Å². The van der Waals surface area contributed by atoms with Gasteiger partial charge in [0.25, 0.3) is 0 Å². The molecule has 2 aromatic carbocycles. The molecule has 2 atom stereocenters. The van der Waals surface area contributed by atoms with E-state index in [0.29, 0.717) is 24.7 Å². The Morgan fingerprint density at radius 3 is 2.82 bits per heavy atom. The maximum atomic E-state index is 12.8. The first-order valence-electron chi connectivity index (χ1n) is 7.45. The number of likely N-dealkylation sites (tertiary alicyclic amines) is 1. The first kappa shape index (κ1) is 13.8. The van der Waals surface area contributed by atoms with Gasteiger partial charge >= 0.3 is 0 Å². The zero-order valence-electron chi connectivity index (χ0n) is 12.0. The first-order chi connectivity index (χ1) is 10.7. The molecule has 0 radical (unpaired) electrons. The van der Waals surface area contributed by atoms with Crippen LogP contribution in [0.5, 0.6) is 0 Å². The lowest BCUT2D eigenvalue weighted by atomic mass is 9.89. The number of benzene rings is 2. The topological polar surface area (TPSA) is 29.5 Å². The van der Waals surface area contributed by atoms with E-state index in [1.807, 2.05) is 53.4 Å². The molecule has 2 heterocycles. The SMILES string of the molecule is O=C1[C@@H]2c3cc(Cl)ccc3CO[C@H]2CN1Cc1ccccc1. The summed E-state index contributed by atoms with van der Waals surface area (Å²) in [5.74, 6) is -0.0803. The van der Waals surface area contributed by atoms with Crippen molar-refractivity contribution in [2.45, 2.75) is 25.2 Å². The molecule has 0 spiro atoms. The molecule has 1 fully saturated rings. The Balaban J connectivity index is 1.63. The molecular weight excluding hydrogens is 298 g/mol. The maximum absolute atomic E-state index is 12.8. The molecule has 0 aliphatic carbocycles. The van der Waals surface area contributed by atoms with E-state index >= 15 is 0 Å². The highest BCUT2D eigenvalue weighted by atomic mass is 35.5. The normalized spacial score (nSPS) is 23.3. The third-order valence-electron chi connectivity index (χ3n) is 4.46. The van der Waals surface area contributed by atoms with Crippen molar-refractivity contribution in [3.63, 3.8) is 0 Å². The smallest absolute Gasteiger partial charge is 0.233 e. The quantitative estimate of drug-likeness (QED) is 0.851. The molecule has 112 valence electrons. The summed E-state index contributed by atoms with van der Waals surface area (Å²) in [6.07, 6.45) is -0.0674. The van der Waals surface area contributed by atoms with Crippen LogP contribution in [0.4, 0.5) is 0 Å². The number of hydrogen-bond acceptors (Lipinski definition) is 2. The van der Waals surface area contributed by atoms with Crippen molar-refractivity contribution in [3.8, 4) is 0 Å². The minimum Gasteiger partial charge on any atom is -0.371 e. The summed E-state index contributed by atoms with van der Waals surface area (Å²) in [5, 5.41) is 0.675. The van der Waals surface area contributed by atoms with E-state index in [9.17, 15) is 4.79 Å². The van der Waals surface area contributed by atoms with Crippen LogP contribution in [0, 0.1) is 0 Å². The second kappa shape index (κ2) is 5.41. The van der Waals surface area contributed by atoms with Crippen molar-refractivity contribution >= 4 is 17.5 Å². The van der Waals surface area contributed by atoms with Gasteiger partial charge in [-0.3, -0.25) is 4.79 Å². The predicted molar refractivity (Wildman–Crippen MR) is 84.6 cm³/mol. The van der Waals surface area contributed by atoms with E-state index in [0.717, 1.165) is 16.7 Å². The summed E-state index contributed by atoms with van der Waals surface area (Å²) in [5.41, 5.74) is 3.24. The molecule has 1 saturated heterocycles.